The third-order valence-corrected chi connectivity index (χ3v) is 5.07. The van der Waals surface area contributed by atoms with Crippen molar-refractivity contribution in [1.82, 2.24) is 9.80 Å². The summed E-state index contributed by atoms with van der Waals surface area (Å²) in [5, 5.41) is 3.61. The van der Waals surface area contributed by atoms with E-state index >= 15 is 0 Å². The van der Waals surface area contributed by atoms with E-state index in [4.69, 9.17) is 0 Å². The fraction of sp³-hybridized carbons (Fsp3) is 0.409. The largest absolute Gasteiger partial charge is 0.381 e. The molecule has 1 atom stereocenters. The highest BCUT2D eigenvalue weighted by Gasteiger charge is 2.22. The predicted molar refractivity (Wildman–Crippen MR) is 107 cm³/mol. The number of hydrogen-bond acceptors (Lipinski definition) is 3. The number of amides is 1. The van der Waals surface area contributed by atoms with Crippen LogP contribution in [0.2, 0.25) is 0 Å². The van der Waals surface area contributed by atoms with Crippen LogP contribution in [0.5, 0.6) is 0 Å². The Morgan fingerprint density at radius 3 is 2.42 bits per heavy atom. The minimum atomic E-state index is 0.108. The molecule has 1 amide bonds. The Morgan fingerprint density at radius 2 is 1.77 bits per heavy atom. The van der Waals surface area contributed by atoms with Gasteiger partial charge in [0, 0.05) is 50.0 Å². The highest BCUT2D eigenvalue weighted by atomic mass is 16.2. The Labute approximate surface area is 156 Å². The lowest BCUT2D eigenvalue weighted by Gasteiger charge is -2.19. The minimum Gasteiger partial charge on any atom is -0.381 e. The van der Waals surface area contributed by atoms with Crippen LogP contribution in [0.3, 0.4) is 0 Å². The van der Waals surface area contributed by atoms with Crippen molar-refractivity contribution in [2.75, 3.05) is 31.5 Å². The molecule has 1 fully saturated rings. The van der Waals surface area contributed by atoms with Crippen molar-refractivity contribution in [3.8, 4) is 0 Å². The van der Waals surface area contributed by atoms with Gasteiger partial charge in [0.05, 0.1) is 0 Å². The quantitative estimate of drug-likeness (QED) is 0.823. The average molecular weight is 351 g/mol. The number of anilines is 1. The standard InChI is InChI=1S/C22H29N3O/c1-3-25(4-2)22(26)19-10-12-20(13-11-19)23-21-14-15-24(17-21)16-18-8-6-5-7-9-18/h5-13,21,23H,3-4,14-17H2,1-2H3. The fourth-order valence-corrected chi connectivity index (χ4v) is 3.57. The Morgan fingerprint density at radius 1 is 1.08 bits per heavy atom. The third-order valence-electron chi connectivity index (χ3n) is 5.07. The van der Waals surface area contributed by atoms with Crippen LogP contribution in [0, 0.1) is 0 Å². The molecule has 2 aromatic rings. The van der Waals surface area contributed by atoms with Gasteiger partial charge in [-0.2, -0.15) is 0 Å². The molecule has 1 N–H and O–H groups in total. The lowest BCUT2D eigenvalue weighted by molar-refractivity contribution is 0.0773. The van der Waals surface area contributed by atoms with Crippen molar-refractivity contribution in [2.45, 2.75) is 32.9 Å². The molecule has 0 radical (unpaired) electrons. The monoisotopic (exact) mass is 351 g/mol. The van der Waals surface area contributed by atoms with Gasteiger partial charge in [0.2, 0.25) is 0 Å². The van der Waals surface area contributed by atoms with Gasteiger partial charge in [-0.3, -0.25) is 9.69 Å². The number of nitrogens with zero attached hydrogens (tertiary/aromatic N) is 2. The lowest BCUT2D eigenvalue weighted by Crippen LogP contribution is -2.30. The number of rotatable bonds is 7. The summed E-state index contributed by atoms with van der Waals surface area (Å²) in [7, 11) is 0. The van der Waals surface area contributed by atoms with Crippen molar-refractivity contribution in [2.24, 2.45) is 0 Å². The molecule has 138 valence electrons. The van der Waals surface area contributed by atoms with Crippen LogP contribution < -0.4 is 5.32 Å². The molecule has 4 nitrogen and oxygen atoms in total. The van der Waals surface area contributed by atoms with Gasteiger partial charge in [0.15, 0.2) is 0 Å². The first-order valence-electron chi connectivity index (χ1n) is 9.61. The van der Waals surface area contributed by atoms with Gasteiger partial charge in [-0.25, -0.2) is 0 Å². The normalized spacial score (nSPS) is 17.2. The summed E-state index contributed by atoms with van der Waals surface area (Å²) in [5.41, 5.74) is 3.22. The maximum absolute atomic E-state index is 12.4. The highest BCUT2D eigenvalue weighted by Crippen LogP contribution is 2.19. The second kappa shape index (κ2) is 8.86. The molecule has 1 unspecified atom stereocenters. The summed E-state index contributed by atoms with van der Waals surface area (Å²) in [4.78, 5) is 16.7. The average Bonchev–Trinajstić information content (AvgIpc) is 3.11. The molecule has 1 aliphatic rings. The molecule has 0 aromatic heterocycles. The molecule has 3 rings (SSSR count). The van der Waals surface area contributed by atoms with E-state index in [0.717, 1.165) is 50.4 Å². The van der Waals surface area contributed by atoms with Gasteiger partial charge in [-0.05, 0) is 50.1 Å². The van der Waals surface area contributed by atoms with Crippen molar-refractivity contribution in [3.63, 3.8) is 0 Å². The number of carbonyl (C=O) groups excluding carboxylic acids is 1. The zero-order chi connectivity index (χ0) is 18.4. The van der Waals surface area contributed by atoms with Gasteiger partial charge < -0.3 is 10.2 Å². The van der Waals surface area contributed by atoms with Crippen LogP contribution in [0.25, 0.3) is 0 Å². The summed E-state index contributed by atoms with van der Waals surface area (Å²) < 4.78 is 0. The Kier molecular flexibility index (Phi) is 6.29. The molecular weight excluding hydrogens is 322 g/mol. The second-order valence-electron chi connectivity index (χ2n) is 6.91. The number of carbonyl (C=O) groups is 1. The SMILES string of the molecule is CCN(CC)C(=O)c1ccc(NC2CCN(Cc3ccccc3)C2)cc1. The van der Waals surface area contributed by atoms with Crippen LogP contribution in [0.4, 0.5) is 5.69 Å². The zero-order valence-electron chi connectivity index (χ0n) is 15.8. The smallest absolute Gasteiger partial charge is 0.253 e. The topological polar surface area (TPSA) is 35.6 Å². The number of nitrogens with one attached hydrogen (secondary N) is 1. The van der Waals surface area contributed by atoms with Gasteiger partial charge in [-0.1, -0.05) is 30.3 Å². The molecule has 1 saturated heterocycles. The van der Waals surface area contributed by atoms with E-state index in [2.05, 4.69) is 40.5 Å². The van der Waals surface area contributed by atoms with Crippen LogP contribution >= 0.6 is 0 Å². The van der Waals surface area contributed by atoms with Crippen LogP contribution in [-0.4, -0.2) is 47.9 Å². The van der Waals surface area contributed by atoms with Crippen LogP contribution in [-0.2, 0) is 6.54 Å². The highest BCUT2D eigenvalue weighted by molar-refractivity contribution is 5.94. The van der Waals surface area contributed by atoms with E-state index in [0.29, 0.717) is 6.04 Å². The number of likely N-dealkylation sites (tertiary alicyclic amines) is 1. The summed E-state index contributed by atoms with van der Waals surface area (Å²) in [6, 6.07) is 19.0. The van der Waals surface area contributed by atoms with E-state index < -0.39 is 0 Å². The van der Waals surface area contributed by atoms with Gasteiger partial charge in [-0.15, -0.1) is 0 Å². The number of benzene rings is 2. The molecule has 2 aromatic carbocycles. The van der Waals surface area contributed by atoms with Crippen LogP contribution in [0.15, 0.2) is 54.6 Å². The second-order valence-corrected chi connectivity index (χ2v) is 6.91. The maximum Gasteiger partial charge on any atom is 0.253 e. The summed E-state index contributed by atoms with van der Waals surface area (Å²) in [6.45, 7) is 8.69. The third kappa shape index (κ3) is 4.64. The molecule has 0 aliphatic carbocycles. The first-order valence-corrected chi connectivity index (χ1v) is 9.61. The molecule has 1 heterocycles. The Hall–Kier alpha value is -2.33. The molecule has 0 saturated carbocycles. The fourth-order valence-electron chi connectivity index (χ4n) is 3.57. The van der Waals surface area contributed by atoms with E-state index in [1.807, 2.05) is 43.0 Å². The van der Waals surface area contributed by atoms with Crippen molar-refractivity contribution < 1.29 is 4.79 Å². The molecular formula is C22H29N3O. The first kappa shape index (κ1) is 18.5. The van der Waals surface area contributed by atoms with E-state index in [-0.39, 0.29) is 5.91 Å². The summed E-state index contributed by atoms with van der Waals surface area (Å²) in [5.74, 6) is 0.108. The predicted octanol–water partition coefficient (Wildman–Crippen LogP) is 3.86. The minimum absolute atomic E-state index is 0.108. The lowest BCUT2D eigenvalue weighted by atomic mass is 10.1. The molecule has 0 spiro atoms. The van der Waals surface area contributed by atoms with Gasteiger partial charge >= 0.3 is 0 Å². The summed E-state index contributed by atoms with van der Waals surface area (Å²) in [6.07, 6.45) is 1.15. The van der Waals surface area contributed by atoms with Gasteiger partial charge in [0.1, 0.15) is 0 Å². The zero-order valence-corrected chi connectivity index (χ0v) is 15.8. The molecule has 4 heteroatoms. The van der Waals surface area contributed by atoms with E-state index in [1.54, 1.807) is 0 Å². The molecule has 1 aliphatic heterocycles. The number of hydrogen-bond donors (Lipinski definition) is 1. The summed E-state index contributed by atoms with van der Waals surface area (Å²) >= 11 is 0. The van der Waals surface area contributed by atoms with E-state index in [9.17, 15) is 4.79 Å². The van der Waals surface area contributed by atoms with Crippen molar-refractivity contribution in [1.29, 1.82) is 0 Å². The Balaban J connectivity index is 1.52. The first-order chi connectivity index (χ1) is 12.7. The maximum atomic E-state index is 12.4. The van der Waals surface area contributed by atoms with Crippen molar-refractivity contribution in [3.05, 3.63) is 65.7 Å². The molecule has 0 bridgehead atoms. The van der Waals surface area contributed by atoms with Crippen molar-refractivity contribution >= 4 is 11.6 Å². The Bertz CT molecular complexity index is 695. The van der Waals surface area contributed by atoms with E-state index in [1.165, 1.54) is 5.56 Å². The van der Waals surface area contributed by atoms with Gasteiger partial charge in [0.25, 0.3) is 5.91 Å². The molecule has 26 heavy (non-hydrogen) atoms. The van der Waals surface area contributed by atoms with Crippen LogP contribution in [0.1, 0.15) is 36.2 Å².